The number of halogens is 2. The second-order valence-electron chi connectivity index (χ2n) is 9.03. The van der Waals surface area contributed by atoms with Crippen LogP contribution in [-0.2, 0) is 15.9 Å². The lowest BCUT2D eigenvalue weighted by Gasteiger charge is -2.34. The zero-order valence-corrected chi connectivity index (χ0v) is 21.5. The molecule has 0 aliphatic carbocycles. The van der Waals surface area contributed by atoms with Crippen molar-refractivity contribution in [2.45, 2.75) is 31.0 Å². The Labute approximate surface area is 225 Å². The summed E-state index contributed by atoms with van der Waals surface area (Å²) in [5, 5.41) is 7.48. The molecule has 3 heterocycles. The van der Waals surface area contributed by atoms with Crippen molar-refractivity contribution in [3.63, 3.8) is 0 Å². The van der Waals surface area contributed by atoms with Crippen LogP contribution in [0.1, 0.15) is 12.0 Å². The highest BCUT2D eigenvalue weighted by Crippen LogP contribution is 2.28. The maximum Gasteiger partial charge on any atom is 0.233 e. The third-order valence-electron chi connectivity index (χ3n) is 6.02. The summed E-state index contributed by atoms with van der Waals surface area (Å²) in [7, 11) is 0. The highest BCUT2D eigenvalue weighted by atomic mass is 35.5. The lowest BCUT2D eigenvalue weighted by molar-refractivity contribution is 0.0764. The number of nitrogens with two attached hydrogens (primary N) is 2. The molecule has 0 spiro atoms. The Kier molecular flexibility index (Phi) is 7.80. The fourth-order valence-electron chi connectivity index (χ4n) is 4.33. The molecule has 0 bridgehead atoms. The number of piperidine rings is 1. The monoisotopic (exact) mass is 542 g/mol. The Hall–Kier alpha value is -3.31. The van der Waals surface area contributed by atoms with Gasteiger partial charge in [0.05, 0.1) is 16.1 Å². The van der Waals surface area contributed by atoms with Crippen LogP contribution in [0, 0.1) is 0 Å². The van der Waals surface area contributed by atoms with Crippen molar-refractivity contribution < 1.29 is 9.47 Å². The van der Waals surface area contributed by atoms with Crippen molar-refractivity contribution in [2.75, 3.05) is 35.4 Å². The number of ether oxygens (including phenoxy) is 2. The first-order chi connectivity index (χ1) is 17.9. The zero-order valence-electron chi connectivity index (χ0n) is 20.0. The number of hydrogen-bond acceptors (Lipinski definition) is 10. The lowest BCUT2D eigenvalue weighted by Crippen LogP contribution is -2.53. The van der Waals surface area contributed by atoms with Crippen LogP contribution < -0.4 is 27.0 Å². The molecule has 0 saturated carbocycles. The molecule has 2 aromatic carbocycles. The van der Waals surface area contributed by atoms with Gasteiger partial charge in [-0.25, -0.2) is 0 Å². The molecule has 37 heavy (non-hydrogen) atoms. The van der Waals surface area contributed by atoms with Crippen molar-refractivity contribution in [1.82, 2.24) is 15.0 Å². The van der Waals surface area contributed by atoms with E-state index in [2.05, 4.69) is 32.7 Å². The van der Waals surface area contributed by atoms with Crippen LogP contribution in [0.25, 0.3) is 0 Å². The van der Waals surface area contributed by atoms with Gasteiger partial charge in [-0.15, -0.1) is 0 Å². The highest BCUT2D eigenvalue weighted by Gasteiger charge is 2.27. The van der Waals surface area contributed by atoms with Gasteiger partial charge in [0.25, 0.3) is 0 Å². The zero-order chi connectivity index (χ0) is 25.8. The molecule has 1 unspecified atom stereocenters. The van der Waals surface area contributed by atoms with E-state index in [1.165, 1.54) is 0 Å². The Balaban J connectivity index is 1.47. The van der Waals surface area contributed by atoms with Gasteiger partial charge in [0.2, 0.25) is 24.6 Å². The van der Waals surface area contributed by atoms with Gasteiger partial charge in [-0.05, 0) is 30.2 Å². The molecule has 194 valence electrons. The lowest BCUT2D eigenvalue weighted by atomic mass is 10.0. The first-order valence-electron chi connectivity index (χ1n) is 11.9. The van der Waals surface area contributed by atoms with Crippen molar-refractivity contribution >= 4 is 46.7 Å². The number of hydrogen-bond donors (Lipinski definition) is 4. The summed E-state index contributed by atoms with van der Waals surface area (Å²) in [6, 6.07) is 14.9. The molecular weight excluding hydrogens is 515 g/mol. The fourth-order valence-corrected chi connectivity index (χ4v) is 4.63. The number of rotatable bonds is 8. The maximum atomic E-state index is 6.24. The van der Waals surface area contributed by atoms with E-state index >= 15 is 0 Å². The molecule has 1 aromatic heterocycles. The van der Waals surface area contributed by atoms with Crippen LogP contribution in [0.3, 0.4) is 0 Å². The minimum atomic E-state index is -0.274. The van der Waals surface area contributed by atoms with Gasteiger partial charge in [-0.2, -0.15) is 15.0 Å². The molecule has 3 atom stereocenters. The smallest absolute Gasteiger partial charge is 0.233 e. The van der Waals surface area contributed by atoms with Crippen LogP contribution in [0.5, 0.6) is 0 Å². The molecule has 2 aliphatic rings. The van der Waals surface area contributed by atoms with E-state index in [-0.39, 0.29) is 24.9 Å². The van der Waals surface area contributed by atoms with Crippen LogP contribution in [0.15, 0.2) is 60.6 Å². The third-order valence-corrected chi connectivity index (χ3v) is 6.76. The second kappa shape index (κ2) is 11.4. The number of nitrogens with zero attached hydrogens (tertiary/aromatic N) is 4. The number of aromatic nitrogens is 3. The highest BCUT2D eigenvalue weighted by molar-refractivity contribution is 6.42. The van der Waals surface area contributed by atoms with E-state index in [9.17, 15) is 0 Å². The summed E-state index contributed by atoms with van der Waals surface area (Å²) in [4.78, 5) is 16.0. The van der Waals surface area contributed by atoms with Gasteiger partial charge < -0.3 is 36.5 Å². The Morgan fingerprint density at radius 1 is 0.973 bits per heavy atom. The largest absolute Gasteiger partial charge is 0.462 e. The summed E-state index contributed by atoms with van der Waals surface area (Å²) in [5.41, 5.74) is 14.3. The summed E-state index contributed by atoms with van der Waals surface area (Å²) in [6.45, 7) is 1.33. The van der Waals surface area contributed by atoms with E-state index in [0.717, 1.165) is 12.0 Å². The van der Waals surface area contributed by atoms with Crippen LogP contribution in [0.2, 0.25) is 10.0 Å². The predicted molar refractivity (Wildman–Crippen MR) is 145 cm³/mol. The quantitative estimate of drug-likeness (QED) is 0.333. The molecule has 5 rings (SSSR count). The molecule has 1 saturated heterocycles. The normalized spacial score (nSPS) is 20.0. The van der Waals surface area contributed by atoms with E-state index in [4.69, 9.17) is 49.1 Å². The predicted octanol–water partition coefficient (Wildman–Crippen LogP) is 3.66. The Morgan fingerprint density at radius 3 is 2.43 bits per heavy atom. The van der Waals surface area contributed by atoms with Gasteiger partial charge in [0.15, 0.2) is 5.76 Å². The summed E-state index contributed by atoms with van der Waals surface area (Å²) >= 11 is 12.3. The van der Waals surface area contributed by atoms with Gasteiger partial charge in [-0.3, -0.25) is 0 Å². The maximum absolute atomic E-state index is 6.24. The average Bonchev–Trinajstić information content (AvgIpc) is 3.41. The number of nitrogens with one attached hydrogen (secondary N) is 2. The molecule has 12 heteroatoms. The molecule has 3 aromatic rings. The van der Waals surface area contributed by atoms with Gasteiger partial charge in [0.1, 0.15) is 6.26 Å². The van der Waals surface area contributed by atoms with Gasteiger partial charge in [0, 0.05) is 37.3 Å². The molecule has 0 amide bonds. The Morgan fingerprint density at radius 2 is 1.73 bits per heavy atom. The topological polar surface area (TPSA) is 136 Å². The van der Waals surface area contributed by atoms with E-state index in [1.807, 2.05) is 23.1 Å². The number of anilines is 4. The first-order valence-corrected chi connectivity index (χ1v) is 12.7. The van der Waals surface area contributed by atoms with Crippen molar-refractivity contribution in [1.29, 1.82) is 0 Å². The molecule has 2 aliphatic heterocycles. The number of benzene rings is 2. The van der Waals surface area contributed by atoms with Gasteiger partial charge in [-0.1, -0.05) is 53.5 Å². The first kappa shape index (κ1) is 25.3. The van der Waals surface area contributed by atoms with Crippen LogP contribution >= 0.6 is 23.2 Å². The van der Waals surface area contributed by atoms with Crippen molar-refractivity contribution in [2.24, 2.45) is 11.5 Å². The minimum absolute atomic E-state index is 0.0802. The molecule has 10 nitrogen and oxygen atoms in total. The Bertz CT molecular complexity index is 1250. The van der Waals surface area contributed by atoms with E-state index in [0.29, 0.717) is 58.8 Å². The standard InChI is InChI=1S/C25H28Cl2N8O2/c26-19-7-6-18(10-20(19)27)30-23-32-24(34-25(33-23)35-11-16(28)9-17(29)12-35)31-21(22-13-36-14-37-22)8-15-4-2-1-3-5-15/h1-7,10,13,16-17,21H,8-9,11-12,14,28-29H2,(H2,30,31,32,33,34)/t16-,17-,21?/m1/s1. The van der Waals surface area contributed by atoms with Crippen molar-refractivity contribution in [3.05, 3.63) is 76.2 Å². The molecule has 0 radical (unpaired) electrons. The molecule has 6 N–H and O–H groups in total. The van der Waals surface area contributed by atoms with E-state index < -0.39 is 0 Å². The molecular formula is C25H28Cl2N8O2. The van der Waals surface area contributed by atoms with Crippen LogP contribution in [-0.4, -0.2) is 53.0 Å². The van der Waals surface area contributed by atoms with Crippen molar-refractivity contribution in [3.8, 4) is 0 Å². The van der Waals surface area contributed by atoms with Gasteiger partial charge >= 0.3 is 0 Å². The third kappa shape index (κ3) is 6.53. The molecule has 1 fully saturated rings. The summed E-state index contributed by atoms with van der Waals surface area (Å²) < 4.78 is 11.0. The van der Waals surface area contributed by atoms with E-state index in [1.54, 1.807) is 24.5 Å². The van der Waals surface area contributed by atoms with Crippen LogP contribution in [0.4, 0.5) is 23.5 Å². The SMILES string of the molecule is N[C@@H]1C[C@@H](N)CN(c2nc(Nc3ccc(Cl)c(Cl)c3)nc(NC(Cc3ccccc3)C3=COCO3)n2)C1. The fraction of sp³-hybridized carbons (Fsp3) is 0.320. The summed E-state index contributed by atoms with van der Waals surface area (Å²) in [5.74, 6) is 1.81. The second-order valence-corrected chi connectivity index (χ2v) is 9.85. The average molecular weight is 543 g/mol. The summed E-state index contributed by atoms with van der Waals surface area (Å²) in [6.07, 6.45) is 2.98. The minimum Gasteiger partial charge on any atom is -0.462 e.